The van der Waals surface area contributed by atoms with E-state index in [1.165, 1.54) is 5.56 Å². The van der Waals surface area contributed by atoms with Gasteiger partial charge in [0.25, 0.3) is 0 Å². The second kappa shape index (κ2) is 11.9. The van der Waals surface area contributed by atoms with Crippen molar-refractivity contribution in [1.82, 2.24) is 16.0 Å². The molecule has 2 rings (SSSR count). The summed E-state index contributed by atoms with van der Waals surface area (Å²) >= 11 is 0. The number of methoxy groups -OCH3 is 1. The number of rotatable bonds is 8. The van der Waals surface area contributed by atoms with Crippen LogP contribution < -0.4 is 16.0 Å². The Kier molecular flexibility index (Phi) is 10.7. The number of halogens is 1. The molecule has 1 saturated heterocycles. The maximum absolute atomic E-state index is 5.62. The molecule has 1 fully saturated rings. The lowest BCUT2D eigenvalue weighted by atomic mass is 9.88. The van der Waals surface area contributed by atoms with E-state index >= 15 is 0 Å². The van der Waals surface area contributed by atoms with Gasteiger partial charge in [0.05, 0.1) is 5.60 Å². The standard InChI is InChI=1S/C21H36N4O2.HI/c1-17(18-9-7-6-8-10-18)25-21(11-13-27-14-12-21)16-24-19(22-4)23-15-20(2,3)26-5;/h6-10,17,25H,11-16H2,1-5H3,(H2,22,23,24);1H. The lowest BCUT2D eigenvalue weighted by Gasteiger charge is -2.41. The molecule has 0 radical (unpaired) electrons. The van der Waals surface area contributed by atoms with Crippen molar-refractivity contribution < 1.29 is 9.47 Å². The topological polar surface area (TPSA) is 66.9 Å². The van der Waals surface area contributed by atoms with E-state index < -0.39 is 0 Å². The fourth-order valence-corrected chi connectivity index (χ4v) is 3.26. The molecule has 0 amide bonds. The van der Waals surface area contributed by atoms with Gasteiger partial charge in [0.15, 0.2) is 5.96 Å². The van der Waals surface area contributed by atoms with Gasteiger partial charge in [-0.2, -0.15) is 0 Å². The van der Waals surface area contributed by atoms with Crippen molar-refractivity contribution in [3.63, 3.8) is 0 Å². The van der Waals surface area contributed by atoms with Crippen LogP contribution in [-0.4, -0.2) is 57.6 Å². The molecule has 3 N–H and O–H groups in total. The lowest BCUT2D eigenvalue weighted by Crippen LogP contribution is -2.58. The smallest absolute Gasteiger partial charge is 0.191 e. The van der Waals surface area contributed by atoms with E-state index in [9.17, 15) is 0 Å². The van der Waals surface area contributed by atoms with Crippen LogP contribution in [0.15, 0.2) is 35.3 Å². The molecule has 28 heavy (non-hydrogen) atoms. The highest BCUT2D eigenvalue weighted by Gasteiger charge is 2.34. The second-order valence-corrected chi connectivity index (χ2v) is 7.91. The molecule has 1 heterocycles. The third-order valence-electron chi connectivity index (χ3n) is 5.32. The van der Waals surface area contributed by atoms with Crippen molar-refractivity contribution in [2.24, 2.45) is 4.99 Å². The Hall–Kier alpha value is -0.900. The SMILES string of the molecule is CN=C(NCC1(NC(C)c2ccccc2)CCOCC1)NCC(C)(C)OC.I. The molecule has 1 aliphatic rings. The van der Waals surface area contributed by atoms with Crippen LogP contribution in [0.25, 0.3) is 0 Å². The van der Waals surface area contributed by atoms with Gasteiger partial charge in [0, 0.05) is 52.0 Å². The average molecular weight is 504 g/mol. The Bertz CT molecular complexity index is 589. The van der Waals surface area contributed by atoms with Gasteiger partial charge >= 0.3 is 0 Å². The first-order valence-electron chi connectivity index (χ1n) is 9.80. The van der Waals surface area contributed by atoms with Crippen LogP contribution in [0.2, 0.25) is 0 Å². The van der Waals surface area contributed by atoms with Crippen LogP contribution in [0.5, 0.6) is 0 Å². The summed E-state index contributed by atoms with van der Waals surface area (Å²) in [6.07, 6.45) is 1.94. The highest BCUT2D eigenvalue weighted by atomic mass is 127. The quantitative estimate of drug-likeness (QED) is 0.289. The molecule has 0 saturated carbocycles. The molecular weight excluding hydrogens is 467 g/mol. The number of hydrogen-bond donors (Lipinski definition) is 3. The molecule has 1 unspecified atom stereocenters. The Morgan fingerprint density at radius 1 is 1.21 bits per heavy atom. The molecule has 1 aliphatic heterocycles. The normalized spacial score (nSPS) is 18.1. The largest absolute Gasteiger partial charge is 0.381 e. The molecule has 1 aromatic carbocycles. The lowest BCUT2D eigenvalue weighted by molar-refractivity contribution is 0.0264. The maximum atomic E-state index is 5.62. The van der Waals surface area contributed by atoms with Crippen LogP contribution in [0.1, 0.15) is 45.2 Å². The Morgan fingerprint density at radius 3 is 2.43 bits per heavy atom. The van der Waals surface area contributed by atoms with Crippen molar-refractivity contribution >= 4 is 29.9 Å². The van der Waals surface area contributed by atoms with Crippen LogP contribution in [0.4, 0.5) is 0 Å². The number of guanidine groups is 1. The van der Waals surface area contributed by atoms with E-state index in [1.807, 2.05) is 0 Å². The zero-order valence-electron chi connectivity index (χ0n) is 17.9. The Labute approximate surface area is 187 Å². The molecule has 1 aromatic rings. The van der Waals surface area contributed by atoms with Crippen molar-refractivity contribution in [2.45, 2.75) is 50.8 Å². The van der Waals surface area contributed by atoms with Crippen molar-refractivity contribution in [1.29, 1.82) is 0 Å². The first-order chi connectivity index (χ1) is 12.9. The fourth-order valence-electron chi connectivity index (χ4n) is 3.26. The van der Waals surface area contributed by atoms with E-state index in [0.29, 0.717) is 6.54 Å². The van der Waals surface area contributed by atoms with Gasteiger partial charge in [-0.15, -0.1) is 24.0 Å². The molecule has 6 nitrogen and oxygen atoms in total. The Morgan fingerprint density at radius 2 is 1.86 bits per heavy atom. The molecule has 0 aliphatic carbocycles. The molecule has 1 atom stereocenters. The summed E-state index contributed by atoms with van der Waals surface area (Å²) in [6.45, 7) is 9.36. The summed E-state index contributed by atoms with van der Waals surface area (Å²) in [5.74, 6) is 0.792. The van der Waals surface area contributed by atoms with Crippen LogP contribution >= 0.6 is 24.0 Å². The minimum absolute atomic E-state index is 0. The number of nitrogens with one attached hydrogen (secondary N) is 3. The molecular formula is C21H37IN4O2. The first-order valence-corrected chi connectivity index (χ1v) is 9.80. The third-order valence-corrected chi connectivity index (χ3v) is 5.32. The fraction of sp³-hybridized carbons (Fsp3) is 0.667. The summed E-state index contributed by atoms with van der Waals surface area (Å²) in [5, 5.41) is 10.7. The minimum Gasteiger partial charge on any atom is -0.381 e. The van der Waals surface area contributed by atoms with Gasteiger partial charge in [-0.1, -0.05) is 30.3 Å². The number of nitrogens with zero attached hydrogens (tertiary/aromatic N) is 1. The molecule has 0 aromatic heterocycles. The monoisotopic (exact) mass is 504 g/mol. The summed E-state index contributed by atoms with van der Waals surface area (Å²) < 4.78 is 11.1. The van der Waals surface area contributed by atoms with Crippen molar-refractivity contribution in [2.75, 3.05) is 40.5 Å². The predicted octanol–water partition coefficient (Wildman–Crippen LogP) is 3.09. The van der Waals surface area contributed by atoms with Gasteiger partial charge in [-0.05, 0) is 39.2 Å². The number of hydrogen-bond acceptors (Lipinski definition) is 4. The predicted molar refractivity (Wildman–Crippen MR) is 127 cm³/mol. The second-order valence-electron chi connectivity index (χ2n) is 7.91. The highest BCUT2D eigenvalue weighted by Crippen LogP contribution is 2.25. The summed E-state index contributed by atoms with van der Waals surface area (Å²) in [4.78, 5) is 4.36. The van der Waals surface area contributed by atoms with Gasteiger partial charge in [-0.3, -0.25) is 4.99 Å². The van der Waals surface area contributed by atoms with E-state index in [4.69, 9.17) is 9.47 Å². The number of aliphatic imine (C=N–C) groups is 1. The van der Waals surface area contributed by atoms with E-state index in [-0.39, 0.29) is 41.2 Å². The summed E-state index contributed by atoms with van der Waals surface area (Å²) in [7, 11) is 3.52. The third kappa shape index (κ3) is 7.85. The highest BCUT2D eigenvalue weighted by molar-refractivity contribution is 14.0. The molecule has 160 valence electrons. The van der Waals surface area contributed by atoms with Crippen LogP contribution in [0.3, 0.4) is 0 Å². The van der Waals surface area contributed by atoms with E-state index in [1.54, 1.807) is 14.2 Å². The Balaban J connectivity index is 0.00000392. The summed E-state index contributed by atoms with van der Waals surface area (Å²) in [6, 6.07) is 10.8. The van der Waals surface area contributed by atoms with E-state index in [2.05, 4.69) is 72.0 Å². The van der Waals surface area contributed by atoms with Gasteiger partial charge in [-0.25, -0.2) is 0 Å². The number of benzene rings is 1. The van der Waals surface area contributed by atoms with E-state index in [0.717, 1.165) is 38.6 Å². The number of ether oxygens (including phenoxy) is 2. The van der Waals surface area contributed by atoms with Gasteiger partial charge in [0.1, 0.15) is 0 Å². The van der Waals surface area contributed by atoms with Crippen molar-refractivity contribution in [3.05, 3.63) is 35.9 Å². The summed E-state index contributed by atoms with van der Waals surface area (Å²) in [5.41, 5.74) is 1.03. The molecule has 0 bridgehead atoms. The first kappa shape index (κ1) is 25.1. The van der Waals surface area contributed by atoms with Crippen LogP contribution in [0, 0.1) is 0 Å². The van der Waals surface area contributed by atoms with Gasteiger partial charge in [0.2, 0.25) is 0 Å². The zero-order chi connectivity index (χ0) is 19.8. The molecule has 0 spiro atoms. The maximum Gasteiger partial charge on any atom is 0.191 e. The molecule has 7 heteroatoms. The van der Waals surface area contributed by atoms with Crippen LogP contribution in [-0.2, 0) is 9.47 Å². The minimum atomic E-state index is -0.242. The van der Waals surface area contributed by atoms with Crippen molar-refractivity contribution in [3.8, 4) is 0 Å². The zero-order valence-corrected chi connectivity index (χ0v) is 20.2. The van der Waals surface area contributed by atoms with Gasteiger partial charge < -0.3 is 25.4 Å². The average Bonchev–Trinajstić information content (AvgIpc) is 2.69.